The molecule has 5 rings (SSSR count). The summed E-state index contributed by atoms with van der Waals surface area (Å²) in [6.07, 6.45) is 2.22. The van der Waals surface area contributed by atoms with Crippen molar-refractivity contribution in [1.29, 1.82) is 0 Å². The molecule has 3 heterocycles. The number of aromatic nitrogens is 2. The normalized spacial score (nSPS) is 23.1. The summed E-state index contributed by atoms with van der Waals surface area (Å²) in [5.74, 6) is -0.774. The van der Waals surface area contributed by atoms with Gasteiger partial charge in [0, 0.05) is 12.8 Å². The van der Waals surface area contributed by atoms with Gasteiger partial charge in [0.1, 0.15) is 5.54 Å². The number of benzene rings is 1. The minimum absolute atomic E-state index is 0.119. The van der Waals surface area contributed by atoms with Gasteiger partial charge in [-0.25, -0.2) is 14.8 Å². The third kappa shape index (κ3) is 2.67. The molecule has 2 saturated heterocycles. The summed E-state index contributed by atoms with van der Waals surface area (Å²) in [4.78, 5) is 36.3. The molecule has 0 radical (unpaired) electrons. The van der Waals surface area contributed by atoms with Crippen molar-refractivity contribution in [2.45, 2.75) is 50.5 Å². The van der Waals surface area contributed by atoms with Crippen molar-refractivity contribution in [3.8, 4) is 0 Å². The fourth-order valence-electron chi connectivity index (χ4n) is 4.43. The van der Waals surface area contributed by atoms with Crippen LogP contribution in [0.25, 0.3) is 11.0 Å². The van der Waals surface area contributed by atoms with Gasteiger partial charge in [-0.3, -0.25) is 9.69 Å². The average molecular weight is 382 g/mol. The van der Waals surface area contributed by atoms with Gasteiger partial charge >= 0.3 is 6.03 Å². The van der Waals surface area contributed by atoms with E-state index in [9.17, 15) is 9.59 Å². The lowest BCUT2D eigenvalue weighted by molar-refractivity contribution is -0.186. The van der Waals surface area contributed by atoms with Crippen LogP contribution in [-0.2, 0) is 20.8 Å². The number of nitrogens with zero attached hydrogens (tertiary/aromatic N) is 3. The highest BCUT2D eigenvalue weighted by atomic mass is 16.7. The Kier molecular flexibility index (Phi) is 3.89. The molecule has 0 unspecified atom stereocenters. The van der Waals surface area contributed by atoms with E-state index in [0.717, 1.165) is 16.7 Å². The SMILES string of the molecule is Cc1nc2ccccc2nc1CN1C(=O)NC2(CCC3(CC2)OCCO3)C1=O. The molecule has 8 heteroatoms. The van der Waals surface area contributed by atoms with Gasteiger partial charge in [-0.2, -0.15) is 0 Å². The molecule has 1 aromatic carbocycles. The fraction of sp³-hybridized carbons (Fsp3) is 0.500. The minimum Gasteiger partial charge on any atom is -0.348 e. The summed E-state index contributed by atoms with van der Waals surface area (Å²) in [5, 5.41) is 2.93. The number of amides is 3. The first-order valence-corrected chi connectivity index (χ1v) is 9.65. The number of ether oxygens (including phenoxy) is 2. The van der Waals surface area contributed by atoms with E-state index < -0.39 is 11.3 Å². The van der Waals surface area contributed by atoms with Crippen molar-refractivity contribution in [3.63, 3.8) is 0 Å². The molecule has 0 bridgehead atoms. The smallest absolute Gasteiger partial charge is 0.325 e. The monoisotopic (exact) mass is 382 g/mol. The molecule has 3 aliphatic rings. The van der Waals surface area contributed by atoms with E-state index in [1.807, 2.05) is 31.2 Å². The summed E-state index contributed by atoms with van der Waals surface area (Å²) in [6, 6.07) is 7.20. The number of nitrogens with one attached hydrogen (secondary N) is 1. The fourth-order valence-corrected chi connectivity index (χ4v) is 4.43. The van der Waals surface area contributed by atoms with E-state index in [1.54, 1.807) is 0 Å². The Hall–Kier alpha value is -2.58. The predicted molar refractivity (Wildman–Crippen MR) is 99.2 cm³/mol. The third-order valence-corrected chi connectivity index (χ3v) is 6.08. The zero-order valence-corrected chi connectivity index (χ0v) is 15.7. The van der Waals surface area contributed by atoms with Crippen LogP contribution in [0, 0.1) is 6.92 Å². The Morgan fingerprint density at radius 3 is 2.36 bits per heavy atom. The number of fused-ring (bicyclic) bond motifs is 1. The van der Waals surface area contributed by atoms with Crippen molar-refractivity contribution in [3.05, 3.63) is 35.7 Å². The molecule has 28 heavy (non-hydrogen) atoms. The van der Waals surface area contributed by atoms with E-state index in [1.165, 1.54) is 4.90 Å². The molecule has 0 atom stereocenters. The van der Waals surface area contributed by atoms with Gasteiger partial charge in [-0.05, 0) is 31.9 Å². The standard InChI is InChI=1S/C20H22N4O4/c1-13-16(22-15-5-3-2-4-14(15)21-13)12-24-17(25)19(23-18(24)26)6-8-20(9-7-19)27-10-11-28-20/h2-5H,6-12H2,1H3,(H,23,26). The largest absolute Gasteiger partial charge is 0.348 e. The summed E-state index contributed by atoms with van der Waals surface area (Å²) in [6.45, 7) is 3.13. The highest BCUT2D eigenvalue weighted by molar-refractivity contribution is 6.07. The molecule has 1 aromatic heterocycles. The molecule has 146 valence electrons. The summed E-state index contributed by atoms with van der Waals surface area (Å²) < 4.78 is 11.5. The van der Waals surface area contributed by atoms with Gasteiger partial charge in [0.05, 0.1) is 42.2 Å². The average Bonchev–Trinajstić information content (AvgIpc) is 3.24. The Labute approximate surface area is 162 Å². The second-order valence-corrected chi connectivity index (χ2v) is 7.76. The molecule has 8 nitrogen and oxygen atoms in total. The lowest BCUT2D eigenvalue weighted by atomic mass is 9.78. The van der Waals surface area contributed by atoms with Crippen molar-refractivity contribution in [1.82, 2.24) is 20.2 Å². The molecule has 2 aromatic rings. The molecule has 3 amide bonds. The molecular formula is C20H22N4O4. The van der Waals surface area contributed by atoms with Gasteiger partial charge in [0.15, 0.2) is 5.79 Å². The second-order valence-electron chi connectivity index (χ2n) is 7.76. The molecule has 2 aliphatic heterocycles. The van der Waals surface area contributed by atoms with Crippen LogP contribution >= 0.6 is 0 Å². The molecule has 1 aliphatic carbocycles. The van der Waals surface area contributed by atoms with Gasteiger partial charge in [0.2, 0.25) is 0 Å². The van der Waals surface area contributed by atoms with Crippen molar-refractivity contribution in [2.24, 2.45) is 0 Å². The number of para-hydroxylation sites is 2. The third-order valence-electron chi connectivity index (χ3n) is 6.08. The van der Waals surface area contributed by atoms with Crippen molar-refractivity contribution >= 4 is 23.0 Å². The Morgan fingerprint density at radius 2 is 1.68 bits per heavy atom. The maximum Gasteiger partial charge on any atom is 0.325 e. The van der Waals surface area contributed by atoms with Crippen molar-refractivity contribution < 1.29 is 19.1 Å². The van der Waals surface area contributed by atoms with Crippen LogP contribution in [0.15, 0.2) is 24.3 Å². The predicted octanol–water partition coefficient (Wildman–Crippen LogP) is 2.05. The van der Waals surface area contributed by atoms with Crippen LogP contribution in [0.2, 0.25) is 0 Å². The molecular weight excluding hydrogens is 360 g/mol. The Bertz CT molecular complexity index is 960. The molecule has 1 saturated carbocycles. The summed E-state index contributed by atoms with van der Waals surface area (Å²) >= 11 is 0. The number of imide groups is 1. The minimum atomic E-state index is -0.865. The van der Waals surface area contributed by atoms with E-state index in [4.69, 9.17) is 9.47 Å². The van der Waals surface area contributed by atoms with Gasteiger partial charge in [-0.1, -0.05) is 12.1 Å². The first-order chi connectivity index (χ1) is 13.5. The topological polar surface area (TPSA) is 93.7 Å². The maximum absolute atomic E-state index is 13.2. The zero-order valence-electron chi connectivity index (χ0n) is 15.7. The van der Waals surface area contributed by atoms with E-state index in [2.05, 4.69) is 15.3 Å². The van der Waals surface area contributed by atoms with Crippen LogP contribution in [0.5, 0.6) is 0 Å². The second kappa shape index (κ2) is 6.22. The first-order valence-electron chi connectivity index (χ1n) is 9.65. The number of aryl methyl sites for hydroxylation is 1. The summed E-state index contributed by atoms with van der Waals surface area (Å²) in [7, 11) is 0. The van der Waals surface area contributed by atoms with E-state index in [-0.39, 0.29) is 18.5 Å². The van der Waals surface area contributed by atoms with Crippen LogP contribution in [-0.4, -0.2) is 51.3 Å². The zero-order chi connectivity index (χ0) is 19.4. The Morgan fingerprint density at radius 1 is 1.04 bits per heavy atom. The lowest BCUT2D eigenvalue weighted by Gasteiger charge is -2.39. The lowest BCUT2D eigenvalue weighted by Crippen LogP contribution is -2.53. The highest BCUT2D eigenvalue weighted by Gasteiger charge is 2.56. The van der Waals surface area contributed by atoms with Crippen LogP contribution in [0.3, 0.4) is 0 Å². The highest BCUT2D eigenvalue weighted by Crippen LogP contribution is 2.42. The number of carbonyl (C=O) groups is 2. The van der Waals surface area contributed by atoms with E-state index in [0.29, 0.717) is 44.6 Å². The number of hydrogen-bond acceptors (Lipinski definition) is 6. The number of urea groups is 1. The van der Waals surface area contributed by atoms with Crippen LogP contribution < -0.4 is 5.32 Å². The molecule has 2 spiro atoms. The van der Waals surface area contributed by atoms with Gasteiger partial charge in [-0.15, -0.1) is 0 Å². The van der Waals surface area contributed by atoms with Crippen LogP contribution in [0.4, 0.5) is 4.79 Å². The Balaban J connectivity index is 1.38. The number of rotatable bonds is 2. The quantitative estimate of drug-likeness (QED) is 0.799. The van der Waals surface area contributed by atoms with Crippen molar-refractivity contribution in [2.75, 3.05) is 13.2 Å². The number of hydrogen-bond donors (Lipinski definition) is 1. The first kappa shape index (κ1) is 17.5. The molecule has 3 fully saturated rings. The molecule has 1 N–H and O–H groups in total. The maximum atomic E-state index is 13.2. The van der Waals surface area contributed by atoms with E-state index >= 15 is 0 Å². The van der Waals surface area contributed by atoms with Gasteiger partial charge < -0.3 is 14.8 Å². The van der Waals surface area contributed by atoms with Gasteiger partial charge in [0.25, 0.3) is 5.91 Å². The van der Waals surface area contributed by atoms with Crippen LogP contribution in [0.1, 0.15) is 37.1 Å². The summed E-state index contributed by atoms with van der Waals surface area (Å²) in [5.41, 5.74) is 2.03. The number of carbonyl (C=O) groups excluding carboxylic acids is 2.